The largest absolute Gasteiger partial charge is 0.469 e. The van der Waals surface area contributed by atoms with E-state index in [4.69, 9.17) is 135 Å². The van der Waals surface area contributed by atoms with Gasteiger partial charge in [-0.3, -0.25) is 0 Å². The molecule has 1 aliphatic rings. The third-order valence-electron chi connectivity index (χ3n) is 4.90. The van der Waals surface area contributed by atoms with Gasteiger partial charge in [-0.05, 0) is 10.9 Å². The molecule has 19 heteroatoms. The second-order valence-corrected chi connectivity index (χ2v) is 7.74. The molecule has 1 aromatic carbocycles. The van der Waals surface area contributed by atoms with E-state index in [2.05, 4.69) is 5.32 Å². The highest BCUT2D eigenvalue weighted by molar-refractivity contribution is 6.70. The van der Waals surface area contributed by atoms with Gasteiger partial charge in [0.05, 0.1) is 62.8 Å². The molecule has 0 fully saturated rings. The van der Waals surface area contributed by atoms with Crippen molar-refractivity contribution in [3.05, 3.63) is 5.56 Å². The summed E-state index contributed by atoms with van der Waals surface area (Å²) in [5.41, 5.74) is -6.12. The summed E-state index contributed by atoms with van der Waals surface area (Å²) >= 11 is 0. The summed E-state index contributed by atoms with van der Waals surface area (Å²) in [7, 11) is 94.8. The summed E-state index contributed by atoms with van der Waals surface area (Å²) in [5, 5.41) is -7.65. The molecule has 0 spiro atoms. The van der Waals surface area contributed by atoms with Gasteiger partial charge in [-0.15, -0.1) is 10.3 Å². The summed E-state index contributed by atoms with van der Waals surface area (Å²) in [4.78, 5) is 0. The molecule has 0 bridgehead atoms. The van der Waals surface area contributed by atoms with Crippen molar-refractivity contribution in [1.29, 1.82) is 0 Å². The lowest BCUT2D eigenvalue weighted by molar-refractivity contribution is 0.0844. The van der Waals surface area contributed by atoms with Crippen LogP contribution < -0.4 is 31.2 Å². The van der Waals surface area contributed by atoms with Crippen molar-refractivity contribution in [3.8, 4) is 11.5 Å². The van der Waals surface area contributed by atoms with E-state index in [0.29, 0.717) is 0 Å². The smallest absolute Gasteiger partial charge is 0.175 e. The molecule has 1 aromatic rings. The lowest BCUT2D eigenvalue weighted by Crippen LogP contribution is -2.77. The van der Waals surface area contributed by atoms with Gasteiger partial charge in [0.1, 0.15) is 23.5 Å². The van der Waals surface area contributed by atoms with Crippen LogP contribution in [0.2, 0.25) is 10.3 Å². The molecule has 3 nitrogen and oxygen atoms in total. The minimum absolute atomic E-state index is 0.182. The molecule has 114 valence electrons. The van der Waals surface area contributed by atoms with Gasteiger partial charge in [0.2, 0.25) is 0 Å². The van der Waals surface area contributed by atoms with E-state index in [1.54, 1.807) is 0 Å². The molecule has 2 rings (SSSR count). The average Bonchev–Trinajstić information content (AvgIpc) is 2.86. The van der Waals surface area contributed by atoms with E-state index in [-0.39, 0.29) is 33.5 Å². The standard InChI is InChI=1S/C12HB16NO2/c13-2-1(3(14)5-6(4(2)15)31-12(27,28)30-5)7(16,17)9(20,29-11(24,25)26)8(18,19)10(21,22)23/h29H. The first-order valence-corrected chi connectivity index (χ1v) is 8.44. The Morgan fingerprint density at radius 1 is 0.645 bits per heavy atom. The van der Waals surface area contributed by atoms with Crippen LogP contribution in [0.5, 0.6) is 11.5 Å². The van der Waals surface area contributed by atoms with Gasteiger partial charge in [-0.2, -0.15) is 0 Å². The summed E-state index contributed by atoms with van der Waals surface area (Å²) in [6.45, 7) is 0. The van der Waals surface area contributed by atoms with Crippen molar-refractivity contribution in [3.63, 3.8) is 0 Å². The van der Waals surface area contributed by atoms with Crippen LogP contribution in [0.3, 0.4) is 0 Å². The van der Waals surface area contributed by atoms with Gasteiger partial charge in [-0.25, -0.2) is 0 Å². The maximum absolute atomic E-state index is 6.38. The highest BCUT2D eigenvalue weighted by atomic mass is 16.7. The molecular weight excluding hydrogens is 363 g/mol. The number of hydrogen-bond acceptors (Lipinski definition) is 3. The van der Waals surface area contributed by atoms with Crippen molar-refractivity contribution in [1.82, 2.24) is 5.32 Å². The SMILES string of the molecule is [B]c1c([B])c(C([B])([B])C([B])(NC([B])([B])[B])C([B])([B])C([B])([B])[B])c([B])c2c1OC([B])([B])O2. The Bertz CT molecular complexity index is 890. The number of hydrogen-bond donors (Lipinski definition) is 1. The summed E-state index contributed by atoms with van der Waals surface area (Å²) in [5.74, 6) is -0.438. The fraction of sp³-hybridized carbons (Fsp3) is 0.500. The van der Waals surface area contributed by atoms with E-state index < -0.39 is 31.8 Å². The predicted octanol–water partition coefficient (Wildman–Crippen LogP) is -8.12. The normalized spacial score (nSPS) is 18.3. The highest BCUT2D eigenvalue weighted by Gasteiger charge is 2.54. The zero-order valence-corrected chi connectivity index (χ0v) is 16.6. The molecule has 1 unspecified atom stereocenters. The van der Waals surface area contributed by atoms with Crippen molar-refractivity contribution >= 4 is 142 Å². The second-order valence-electron chi connectivity index (χ2n) is 7.74. The maximum atomic E-state index is 6.38. The zero-order valence-electron chi connectivity index (χ0n) is 16.6. The van der Waals surface area contributed by atoms with Gasteiger partial charge in [-0.1, -0.05) is 26.9 Å². The van der Waals surface area contributed by atoms with Crippen molar-refractivity contribution < 1.29 is 9.47 Å². The van der Waals surface area contributed by atoms with Crippen molar-refractivity contribution in [2.45, 2.75) is 31.8 Å². The van der Waals surface area contributed by atoms with Gasteiger partial charge in [0.15, 0.2) is 32.8 Å². The molecule has 32 radical (unpaired) electrons. The van der Waals surface area contributed by atoms with E-state index in [1.807, 2.05) is 0 Å². The van der Waals surface area contributed by atoms with E-state index in [0.717, 1.165) is 0 Å². The number of rotatable bonds is 6. The van der Waals surface area contributed by atoms with Crippen LogP contribution in [0.15, 0.2) is 0 Å². The minimum Gasteiger partial charge on any atom is -0.469 e. The van der Waals surface area contributed by atoms with Crippen LogP contribution in [0.25, 0.3) is 0 Å². The van der Waals surface area contributed by atoms with Gasteiger partial charge in [0.25, 0.3) is 0 Å². The number of benzene rings is 1. The lowest BCUT2D eigenvalue weighted by atomic mass is 9.12. The molecule has 1 aliphatic heterocycles. The highest BCUT2D eigenvalue weighted by Crippen LogP contribution is 2.52. The zero-order chi connectivity index (χ0) is 24.6. The van der Waals surface area contributed by atoms with Crippen LogP contribution in [-0.2, 0) is 5.21 Å². The van der Waals surface area contributed by atoms with Crippen LogP contribution in [0, 0.1) is 0 Å². The Balaban J connectivity index is 2.89. The summed E-state index contributed by atoms with van der Waals surface area (Å²) in [6.07, 6.45) is 0. The second kappa shape index (κ2) is 7.67. The Hall–Kier alpha value is -0.181. The molecule has 0 aliphatic carbocycles. The first kappa shape index (κ1) is 27.1. The predicted molar refractivity (Wildman–Crippen MR) is 137 cm³/mol. The third-order valence-corrected chi connectivity index (χ3v) is 4.90. The topological polar surface area (TPSA) is 30.5 Å². The monoisotopic (exact) mass is 367 g/mol. The summed E-state index contributed by atoms with van der Waals surface area (Å²) < 4.78 is 10.4. The Morgan fingerprint density at radius 3 is 1.45 bits per heavy atom. The molecule has 0 saturated heterocycles. The Kier molecular flexibility index (Phi) is 6.70. The van der Waals surface area contributed by atoms with Crippen LogP contribution in [0.4, 0.5) is 0 Å². The Morgan fingerprint density at radius 2 is 1.06 bits per heavy atom. The number of fused-ring (bicyclic) bond motifs is 1. The molecular formula is C12HB16NO2. The van der Waals surface area contributed by atoms with Gasteiger partial charge < -0.3 is 14.8 Å². The average molecular weight is 364 g/mol. The third kappa shape index (κ3) is 4.35. The van der Waals surface area contributed by atoms with Crippen LogP contribution in [-0.4, -0.2) is 142 Å². The fourth-order valence-corrected chi connectivity index (χ4v) is 3.18. The first-order valence-electron chi connectivity index (χ1n) is 8.44. The summed E-state index contributed by atoms with van der Waals surface area (Å²) in [6, 6.07) is 0. The van der Waals surface area contributed by atoms with Crippen molar-refractivity contribution in [2.75, 3.05) is 0 Å². The number of ether oxygens (including phenoxy) is 2. The quantitative estimate of drug-likeness (QED) is 0.509. The molecule has 1 heterocycles. The number of nitrogens with one attached hydrogen (secondary N) is 1. The van der Waals surface area contributed by atoms with Gasteiger partial charge in [0, 0.05) is 23.5 Å². The minimum atomic E-state index is -2.64. The van der Waals surface area contributed by atoms with Crippen LogP contribution in [0.1, 0.15) is 5.56 Å². The molecule has 31 heavy (non-hydrogen) atoms. The fourth-order valence-electron chi connectivity index (χ4n) is 3.18. The van der Waals surface area contributed by atoms with Crippen molar-refractivity contribution in [2.24, 2.45) is 0 Å². The van der Waals surface area contributed by atoms with Crippen LogP contribution >= 0.6 is 0 Å². The Labute approximate surface area is 205 Å². The molecule has 1 N–H and O–H groups in total. The molecule has 0 aromatic heterocycles. The molecule has 0 amide bonds. The molecule has 0 saturated carbocycles. The maximum Gasteiger partial charge on any atom is 0.175 e. The molecule has 1 atom stereocenters. The lowest BCUT2D eigenvalue weighted by Gasteiger charge is -2.66. The first-order chi connectivity index (χ1) is 13.5. The van der Waals surface area contributed by atoms with E-state index in [1.165, 1.54) is 0 Å². The van der Waals surface area contributed by atoms with E-state index in [9.17, 15) is 0 Å². The van der Waals surface area contributed by atoms with Gasteiger partial charge >= 0.3 is 0 Å². The van der Waals surface area contributed by atoms with E-state index >= 15 is 0 Å².